The molecule has 3 N–H and O–H groups in total. The van der Waals surface area contributed by atoms with Gasteiger partial charge in [0.1, 0.15) is 0 Å². The number of amides is 1. The van der Waals surface area contributed by atoms with Crippen LogP contribution in [0.25, 0.3) is 0 Å². The molecule has 0 radical (unpaired) electrons. The van der Waals surface area contributed by atoms with Crippen LogP contribution in [0.4, 0.5) is 5.69 Å². The summed E-state index contributed by atoms with van der Waals surface area (Å²) in [4.78, 5) is 11.7. The molecular formula is C14H18N2O4S. The lowest BCUT2D eigenvalue weighted by Crippen LogP contribution is -2.32. The molecule has 0 aromatic heterocycles. The van der Waals surface area contributed by atoms with E-state index in [0.717, 1.165) is 12.8 Å². The molecule has 114 valence electrons. The number of carbonyl (C=O) groups is 1. The molecule has 1 saturated carbocycles. The van der Waals surface area contributed by atoms with E-state index >= 15 is 0 Å². The van der Waals surface area contributed by atoms with Crippen LogP contribution in [0.5, 0.6) is 0 Å². The molecule has 1 aliphatic heterocycles. The van der Waals surface area contributed by atoms with Crippen molar-refractivity contribution < 1.29 is 18.3 Å². The monoisotopic (exact) mass is 310 g/mol. The zero-order valence-corrected chi connectivity index (χ0v) is 12.5. The molecule has 7 heteroatoms. The zero-order valence-electron chi connectivity index (χ0n) is 11.7. The Balaban J connectivity index is 1.82. The molecule has 3 rings (SSSR count). The van der Waals surface area contributed by atoms with Crippen molar-refractivity contribution >= 4 is 21.6 Å². The first-order chi connectivity index (χ1) is 9.87. The summed E-state index contributed by atoms with van der Waals surface area (Å²) in [5, 5.41) is 11.9. The second kappa shape index (κ2) is 4.79. The highest BCUT2D eigenvalue weighted by Gasteiger charge is 2.42. The quantitative estimate of drug-likeness (QED) is 0.749. The van der Waals surface area contributed by atoms with Crippen molar-refractivity contribution in [2.24, 2.45) is 5.41 Å². The van der Waals surface area contributed by atoms with Crippen molar-refractivity contribution in [3.8, 4) is 0 Å². The van der Waals surface area contributed by atoms with Crippen LogP contribution in [-0.2, 0) is 14.8 Å². The van der Waals surface area contributed by atoms with Crippen LogP contribution >= 0.6 is 0 Å². The number of anilines is 1. The van der Waals surface area contributed by atoms with Crippen molar-refractivity contribution in [1.82, 2.24) is 4.72 Å². The number of carbonyl (C=O) groups excluding carboxylic acids is 1. The molecule has 1 fully saturated rings. The Labute approximate surface area is 123 Å². The minimum absolute atomic E-state index is 0.00480. The van der Waals surface area contributed by atoms with Crippen LogP contribution in [0.2, 0.25) is 0 Å². The Bertz CT molecular complexity index is 695. The Morgan fingerprint density at radius 1 is 1.43 bits per heavy atom. The van der Waals surface area contributed by atoms with Gasteiger partial charge in [0.2, 0.25) is 15.9 Å². The summed E-state index contributed by atoms with van der Waals surface area (Å²) in [7, 11) is -3.63. The van der Waals surface area contributed by atoms with Crippen molar-refractivity contribution in [1.29, 1.82) is 0 Å². The number of aliphatic hydroxyl groups excluding tert-OH is 1. The molecule has 1 aromatic rings. The third-order valence-electron chi connectivity index (χ3n) is 4.38. The third kappa shape index (κ3) is 2.56. The molecule has 1 amide bonds. The summed E-state index contributed by atoms with van der Waals surface area (Å²) in [5.41, 5.74) is 1.08. The van der Waals surface area contributed by atoms with Crippen molar-refractivity contribution in [2.75, 3.05) is 18.5 Å². The summed E-state index contributed by atoms with van der Waals surface area (Å²) in [6, 6.07) is 4.64. The largest absolute Gasteiger partial charge is 0.396 e. The Kier molecular flexibility index (Phi) is 3.31. The van der Waals surface area contributed by atoms with Gasteiger partial charge >= 0.3 is 0 Å². The van der Waals surface area contributed by atoms with Gasteiger partial charge in [-0.05, 0) is 43.5 Å². The number of hydrogen-bond acceptors (Lipinski definition) is 4. The van der Waals surface area contributed by atoms with Crippen molar-refractivity contribution in [3.05, 3.63) is 23.8 Å². The van der Waals surface area contributed by atoms with Gasteiger partial charge in [-0.25, -0.2) is 13.1 Å². The number of fused-ring (bicyclic) bond motifs is 1. The average molecular weight is 310 g/mol. The van der Waals surface area contributed by atoms with E-state index in [2.05, 4.69) is 10.0 Å². The van der Waals surface area contributed by atoms with Crippen molar-refractivity contribution in [2.45, 2.75) is 30.6 Å². The Hall–Kier alpha value is -1.44. The van der Waals surface area contributed by atoms with Gasteiger partial charge in [-0.15, -0.1) is 0 Å². The highest BCUT2D eigenvalue weighted by atomic mass is 32.2. The maximum absolute atomic E-state index is 12.3. The highest BCUT2D eigenvalue weighted by molar-refractivity contribution is 7.89. The molecule has 1 unspecified atom stereocenters. The summed E-state index contributed by atoms with van der Waals surface area (Å²) in [6.45, 7) is 1.99. The normalized spacial score (nSPS) is 22.8. The molecule has 1 atom stereocenters. The van der Waals surface area contributed by atoms with E-state index in [1.165, 1.54) is 6.07 Å². The van der Waals surface area contributed by atoms with Gasteiger partial charge in [-0.1, -0.05) is 0 Å². The minimum Gasteiger partial charge on any atom is -0.396 e. The van der Waals surface area contributed by atoms with E-state index in [0.29, 0.717) is 11.3 Å². The van der Waals surface area contributed by atoms with Gasteiger partial charge in [-0.2, -0.15) is 0 Å². The fourth-order valence-corrected chi connectivity index (χ4v) is 3.65. The van der Waals surface area contributed by atoms with Crippen LogP contribution in [0.3, 0.4) is 0 Å². The first kappa shape index (κ1) is 14.5. The molecule has 1 aliphatic carbocycles. The lowest BCUT2D eigenvalue weighted by atomic mass is 10.0. The lowest BCUT2D eigenvalue weighted by Gasteiger charge is -2.14. The van der Waals surface area contributed by atoms with E-state index in [4.69, 9.17) is 0 Å². The van der Waals surface area contributed by atoms with Crippen LogP contribution in [0.15, 0.2) is 23.1 Å². The predicted octanol–water partition coefficient (Wildman–Crippen LogP) is 0.793. The maximum Gasteiger partial charge on any atom is 0.240 e. The van der Waals surface area contributed by atoms with Crippen LogP contribution in [-0.4, -0.2) is 32.6 Å². The van der Waals surface area contributed by atoms with E-state index in [-0.39, 0.29) is 35.3 Å². The van der Waals surface area contributed by atoms with Gasteiger partial charge in [0.15, 0.2) is 0 Å². The van der Waals surface area contributed by atoms with E-state index in [1.807, 2.05) is 0 Å². The molecule has 1 aromatic carbocycles. The van der Waals surface area contributed by atoms with E-state index in [9.17, 15) is 18.3 Å². The van der Waals surface area contributed by atoms with Gasteiger partial charge < -0.3 is 10.4 Å². The first-order valence-corrected chi connectivity index (χ1v) is 8.41. The maximum atomic E-state index is 12.3. The zero-order chi connectivity index (χ0) is 15.3. The third-order valence-corrected chi connectivity index (χ3v) is 5.78. The molecular weight excluding hydrogens is 292 g/mol. The minimum atomic E-state index is -3.63. The van der Waals surface area contributed by atoms with Crippen LogP contribution in [0.1, 0.15) is 31.2 Å². The lowest BCUT2D eigenvalue weighted by molar-refractivity contribution is -0.116. The average Bonchev–Trinajstić information content (AvgIpc) is 3.20. The molecule has 0 bridgehead atoms. The Morgan fingerprint density at radius 3 is 2.76 bits per heavy atom. The predicted molar refractivity (Wildman–Crippen MR) is 77.4 cm³/mol. The summed E-state index contributed by atoms with van der Waals surface area (Å²) in [5.74, 6) is -0.466. The summed E-state index contributed by atoms with van der Waals surface area (Å²) in [6.07, 6.45) is 1.68. The number of hydrogen-bond donors (Lipinski definition) is 3. The summed E-state index contributed by atoms with van der Waals surface area (Å²) >= 11 is 0. The van der Waals surface area contributed by atoms with Gasteiger partial charge in [0.25, 0.3) is 0 Å². The standard InChI is InChI=1S/C14H18N2O4S/c1-9-11-6-10(2-3-12(11)16-13(9)18)21(19,20)15-7-14(8-17)4-5-14/h2-3,6,9,15,17H,4-5,7-8H2,1H3,(H,16,18). The number of benzene rings is 1. The fraction of sp³-hybridized carbons (Fsp3) is 0.500. The first-order valence-electron chi connectivity index (χ1n) is 6.92. The van der Waals surface area contributed by atoms with Gasteiger partial charge in [0.05, 0.1) is 10.8 Å². The van der Waals surface area contributed by atoms with Crippen molar-refractivity contribution in [3.63, 3.8) is 0 Å². The van der Waals surface area contributed by atoms with Crippen LogP contribution in [0, 0.1) is 5.41 Å². The SMILES string of the molecule is CC1C(=O)Nc2ccc(S(=O)(=O)NCC3(CO)CC3)cc21. The molecule has 21 heavy (non-hydrogen) atoms. The molecule has 0 spiro atoms. The molecule has 0 saturated heterocycles. The Morgan fingerprint density at radius 2 is 2.14 bits per heavy atom. The number of sulfonamides is 1. The van der Waals surface area contributed by atoms with E-state index in [1.54, 1.807) is 19.1 Å². The number of aliphatic hydroxyl groups is 1. The second-order valence-corrected chi connectivity index (χ2v) is 7.71. The van der Waals surface area contributed by atoms with Gasteiger partial charge in [0, 0.05) is 24.3 Å². The smallest absolute Gasteiger partial charge is 0.240 e. The number of nitrogens with one attached hydrogen (secondary N) is 2. The molecule has 1 heterocycles. The van der Waals surface area contributed by atoms with Gasteiger partial charge in [-0.3, -0.25) is 4.79 Å². The number of rotatable bonds is 5. The van der Waals surface area contributed by atoms with E-state index < -0.39 is 10.0 Å². The molecule has 6 nitrogen and oxygen atoms in total. The molecule has 2 aliphatic rings. The fourth-order valence-electron chi connectivity index (χ4n) is 2.46. The summed E-state index contributed by atoms with van der Waals surface area (Å²) < 4.78 is 27.2. The second-order valence-electron chi connectivity index (χ2n) is 5.94. The van der Waals surface area contributed by atoms with Crippen LogP contribution < -0.4 is 10.0 Å². The topological polar surface area (TPSA) is 95.5 Å². The highest BCUT2D eigenvalue weighted by Crippen LogP contribution is 2.44.